The minimum atomic E-state index is -0.853. The third-order valence-corrected chi connectivity index (χ3v) is 11.6. The zero-order valence-corrected chi connectivity index (χ0v) is 39.7. The average molecular weight is 842 g/mol. The van der Waals surface area contributed by atoms with Gasteiger partial charge in [-0.2, -0.15) is 0 Å². The van der Waals surface area contributed by atoms with Crippen molar-refractivity contribution in [3.8, 4) is 0 Å². The zero-order chi connectivity index (χ0) is 43.7. The van der Waals surface area contributed by atoms with Crippen LogP contribution in [-0.4, -0.2) is 47.4 Å². The number of esters is 1. The largest absolute Gasteiger partial charge is 0.466 e. The van der Waals surface area contributed by atoms with E-state index in [0.29, 0.717) is 19.4 Å². The van der Waals surface area contributed by atoms with Gasteiger partial charge in [0.2, 0.25) is 5.91 Å². The molecule has 60 heavy (non-hydrogen) atoms. The van der Waals surface area contributed by atoms with Crippen LogP contribution in [0.15, 0.2) is 48.6 Å². The highest BCUT2D eigenvalue weighted by molar-refractivity contribution is 5.76. The van der Waals surface area contributed by atoms with Gasteiger partial charge in [0.1, 0.15) is 0 Å². The highest BCUT2D eigenvalue weighted by Gasteiger charge is 2.18. The molecule has 3 N–H and O–H groups in total. The lowest BCUT2D eigenvalue weighted by molar-refractivity contribution is -0.143. The fraction of sp³-hybridized carbons (Fsp3) is 0.815. The Morgan fingerprint density at radius 3 is 1.30 bits per heavy atom. The molecule has 0 aromatic carbocycles. The van der Waals surface area contributed by atoms with Crippen LogP contribution in [0, 0.1) is 0 Å². The first kappa shape index (κ1) is 57.8. The topological polar surface area (TPSA) is 95.9 Å². The van der Waals surface area contributed by atoms with Crippen LogP contribution in [0.5, 0.6) is 0 Å². The summed E-state index contributed by atoms with van der Waals surface area (Å²) >= 11 is 0. The third-order valence-electron chi connectivity index (χ3n) is 11.6. The van der Waals surface area contributed by atoms with Crippen molar-refractivity contribution in [1.82, 2.24) is 5.32 Å². The Bertz CT molecular complexity index is 1020. The minimum absolute atomic E-state index is 0.0197. The standard InChI is InChI=1S/C54H99NO5/c1-3-5-7-9-11-13-15-16-17-18-19-22-25-28-32-36-40-44-48-54(59)60-49-45-41-37-33-29-26-23-20-21-24-27-31-35-39-43-47-53(58)55-51(50-56)52(57)46-42-38-34-30-14-12-10-8-6-4-2/h13,15,17-18,23,26,42,46,51-52,56-57H,3-12,14,16,19-22,24-25,27-41,43-45,47-50H2,1-2H3,(H,55,58)/b15-13-,18-17-,26-23-,46-42+. The molecule has 350 valence electrons. The molecule has 2 unspecified atom stereocenters. The maximum atomic E-state index is 12.4. The molecule has 2 atom stereocenters. The van der Waals surface area contributed by atoms with Crippen molar-refractivity contribution in [1.29, 1.82) is 0 Å². The molecule has 0 aliphatic heterocycles. The predicted molar refractivity (Wildman–Crippen MR) is 259 cm³/mol. The molecule has 0 aromatic rings. The van der Waals surface area contributed by atoms with Gasteiger partial charge in [-0.05, 0) is 89.9 Å². The number of aliphatic hydroxyl groups excluding tert-OH is 2. The number of carbonyl (C=O) groups is 2. The highest BCUT2D eigenvalue weighted by Crippen LogP contribution is 2.14. The number of aliphatic hydroxyl groups is 2. The van der Waals surface area contributed by atoms with E-state index in [4.69, 9.17) is 4.74 Å². The minimum Gasteiger partial charge on any atom is -0.466 e. The van der Waals surface area contributed by atoms with Gasteiger partial charge < -0.3 is 20.3 Å². The number of rotatable bonds is 47. The van der Waals surface area contributed by atoms with Gasteiger partial charge in [0.25, 0.3) is 0 Å². The van der Waals surface area contributed by atoms with Crippen molar-refractivity contribution >= 4 is 11.9 Å². The Morgan fingerprint density at radius 1 is 0.467 bits per heavy atom. The number of allylic oxidation sites excluding steroid dienone is 7. The molecule has 1 amide bonds. The fourth-order valence-corrected chi connectivity index (χ4v) is 7.54. The number of unbranched alkanes of at least 4 members (excludes halogenated alkanes) is 30. The Labute approximate surface area is 372 Å². The molecule has 0 aliphatic rings. The summed E-state index contributed by atoms with van der Waals surface area (Å²) in [6.07, 6.45) is 61.1. The van der Waals surface area contributed by atoms with Gasteiger partial charge in [-0.15, -0.1) is 0 Å². The second kappa shape index (κ2) is 49.5. The van der Waals surface area contributed by atoms with Crippen LogP contribution in [0.2, 0.25) is 0 Å². The molecule has 0 aliphatic carbocycles. The molecule has 6 heteroatoms. The van der Waals surface area contributed by atoms with E-state index in [0.717, 1.165) is 77.0 Å². The van der Waals surface area contributed by atoms with Gasteiger partial charge >= 0.3 is 5.97 Å². The van der Waals surface area contributed by atoms with Crippen molar-refractivity contribution in [2.24, 2.45) is 0 Å². The first-order valence-corrected chi connectivity index (χ1v) is 25.9. The van der Waals surface area contributed by atoms with Crippen molar-refractivity contribution in [2.75, 3.05) is 13.2 Å². The third kappa shape index (κ3) is 45.3. The van der Waals surface area contributed by atoms with Crippen molar-refractivity contribution in [2.45, 2.75) is 270 Å². The molecule has 0 heterocycles. The molecular weight excluding hydrogens is 743 g/mol. The van der Waals surface area contributed by atoms with E-state index < -0.39 is 12.1 Å². The fourth-order valence-electron chi connectivity index (χ4n) is 7.54. The molecule has 6 nitrogen and oxygen atoms in total. The number of hydrogen-bond acceptors (Lipinski definition) is 5. The summed E-state index contributed by atoms with van der Waals surface area (Å²) in [6.45, 7) is 4.81. The quantitative estimate of drug-likeness (QED) is 0.0322. The Balaban J connectivity index is 3.49. The van der Waals surface area contributed by atoms with E-state index >= 15 is 0 Å². The number of amides is 1. The zero-order valence-electron chi connectivity index (χ0n) is 39.7. The van der Waals surface area contributed by atoms with Gasteiger partial charge in [-0.25, -0.2) is 0 Å². The summed E-state index contributed by atoms with van der Waals surface area (Å²) in [5.41, 5.74) is 0. The van der Waals surface area contributed by atoms with Crippen LogP contribution in [0.1, 0.15) is 258 Å². The molecule has 0 saturated heterocycles. The average Bonchev–Trinajstić information content (AvgIpc) is 3.25. The van der Waals surface area contributed by atoms with Gasteiger partial charge in [-0.1, -0.05) is 204 Å². The molecule has 0 aromatic heterocycles. The Kier molecular flexibility index (Phi) is 47.7. The second-order valence-electron chi connectivity index (χ2n) is 17.5. The van der Waals surface area contributed by atoms with E-state index in [9.17, 15) is 19.8 Å². The molecule has 0 fully saturated rings. The van der Waals surface area contributed by atoms with Crippen molar-refractivity contribution < 1.29 is 24.5 Å². The summed E-state index contributed by atoms with van der Waals surface area (Å²) in [5, 5.41) is 22.9. The van der Waals surface area contributed by atoms with Gasteiger partial charge in [0.15, 0.2) is 0 Å². The first-order chi connectivity index (χ1) is 29.5. The number of carbonyl (C=O) groups excluding carboxylic acids is 2. The summed E-state index contributed by atoms with van der Waals surface area (Å²) < 4.78 is 5.46. The second-order valence-corrected chi connectivity index (χ2v) is 17.5. The number of nitrogens with one attached hydrogen (secondary N) is 1. The van der Waals surface area contributed by atoms with Gasteiger partial charge in [0.05, 0.1) is 25.4 Å². The van der Waals surface area contributed by atoms with Crippen molar-refractivity contribution in [3.63, 3.8) is 0 Å². The van der Waals surface area contributed by atoms with Crippen LogP contribution in [-0.2, 0) is 14.3 Å². The maximum Gasteiger partial charge on any atom is 0.305 e. The van der Waals surface area contributed by atoms with Crippen LogP contribution in [0.25, 0.3) is 0 Å². The van der Waals surface area contributed by atoms with Crippen LogP contribution >= 0.6 is 0 Å². The number of ether oxygens (including phenoxy) is 1. The molecule has 0 bridgehead atoms. The lowest BCUT2D eigenvalue weighted by atomic mass is 10.1. The molecule has 0 rings (SSSR count). The van der Waals surface area contributed by atoms with E-state index in [1.54, 1.807) is 6.08 Å². The van der Waals surface area contributed by atoms with E-state index in [1.807, 2.05) is 6.08 Å². The normalized spacial score (nSPS) is 13.1. The maximum absolute atomic E-state index is 12.4. The van der Waals surface area contributed by atoms with E-state index in [-0.39, 0.29) is 18.5 Å². The van der Waals surface area contributed by atoms with Crippen LogP contribution < -0.4 is 5.32 Å². The molecular formula is C54H99NO5. The lowest BCUT2D eigenvalue weighted by Gasteiger charge is -2.20. The van der Waals surface area contributed by atoms with Gasteiger partial charge in [-0.3, -0.25) is 9.59 Å². The monoisotopic (exact) mass is 842 g/mol. The lowest BCUT2D eigenvalue weighted by Crippen LogP contribution is -2.45. The van der Waals surface area contributed by atoms with Crippen LogP contribution in [0.4, 0.5) is 0 Å². The van der Waals surface area contributed by atoms with Crippen molar-refractivity contribution in [3.05, 3.63) is 48.6 Å². The first-order valence-electron chi connectivity index (χ1n) is 25.9. The molecule has 0 saturated carbocycles. The highest BCUT2D eigenvalue weighted by atomic mass is 16.5. The van der Waals surface area contributed by atoms with Crippen LogP contribution in [0.3, 0.4) is 0 Å². The Hall–Kier alpha value is -2.18. The summed E-state index contributed by atoms with van der Waals surface area (Å²) in [5.74, 6) is -0.107. The number of hydrogen-bond donors (Lipinski definition) is 3. The smallest absolute Gasteiger partial charge is 0.305 e. The van der Waals surface area contributed by atoms with Gasteiger partial charge in [0, 0.05) is 12.8 Å². The Morgan fingerprint density at radius 2 is 0.833 bits per heavy atom. The molecule has 0 spiro atoms. The summed E-state index contributed by atoms with van der Waals surface area (Å²) in [4.78, 5) is 24.4. The van der Waals surface area contributed by atoms with E-state index in [2.05, 4.69) is 55.6 Å². The van der Waals surface area contributed by atoms with E-state index in [1.165, 1.54) is 154 Å². The summed E-state index contributed by atoms with van der Waals surface area (Å²) in [6, 6.07) is -0.638. The predicted octanol–water partition coefficient (Wildman–Crippen LogP) is 15.5. The summed E-state index contributed by atoms with van der Waals surface area (Å²) in [7, 11) is 0. The molecule has 0 radical (unpaired) electrons. The SMILES string of the molecule is CCCCCC/C=C\C/C=C\CCCCCCCCCC(=O)OCCCCCC/C=C\CCCCCCCCCC(=O)NC(CO)C(O)/C=C/CCCCCCCCCC.